The van der Waals surface area contributed by atoms with Crippen molar-refractivity contribution in [3.8, 4) is 34.4 Å². The van der Waals surface area contributed by atoms with Gasteiger partial charge in [-0.05, 0) is 84.8 Å². The van der Waals surface area contributed by atoms with Crippen LogP contribution in [0.25, 0.3) is 11.1 Å². The van der Waals surface area contributed by atoms with E-state index in [0.717, 1.165) is 82.9 Å². The Hall–Kier alpha value is -5.05. The fourth-order valence-electron chi connectivity index (χ4n) is 6.34. The Bertz CT molecular complexity index is 2000. The number of aliphatic hydroxyl groups excluding tert-OH is 1. The Morgan fingerprint density at radius 1 is 0.904 bits per heavy atom. The summed E-state index contributed by atoms with van der Waals surface area (Å²) in [5.41, 5.74) is 8.35. The Labute approximate surface area is 310 Å². The molecule has 1 saturated heterocycles. The van der Waals surface area contributed by atoms with E-state index in [4.69, 9.17) is 25.8 Å². The summed E-state index contributed by atoms with van der Waals surface area (Å²) in [6, 6.07) is 23.7. The minimum Gasteiger partial charge on any atom is -0.493 e. The maximum Gasteiger partial charge on any atom is 0.142 e. The topological polar surface area (TPSA) is 126 Å². The van der Waals surface area contributed by atoms with E-state index in [9.17, 15) is 10.4 Å². The second-order valence-corrected chi connectivity index (χ2v) is 13.4. The van der Waals surface area contributed by atoms with Gasteiger partial charge in [-0.25, -0.2) is 0 Å². The summed E-state index contributed by atoms with van der Waals surface area (Å²) in [6.45, 7) is 8.95. The number of likely N-dealkylation sites (tertiary alicyclic amines) is 1. The van der Waals surface area contributed by atoms with E-state index >= 15 is 0 Å². The molecule has 3 heterocycles. The largest absolute Gasteiger partial charge is 0.493 e. The first-order valence-electron chi connectivity index (χ1n) is 17.5. The van der Waals surface area contributed by atoms with Crippen LogP contribution in [0.3, 0.4) is 0 Å². The minimum absolute atomic E-state index is 0.203. The van der Waals surface area contributed by atoms with Crippen molar-refractivity contribution < 1.29 is 19.3 Å². The van der Waals surface area contributed by atoms with Gasteiger partial charge >= 0.3 is 0 Å². The van der Waals surface area contributed by atoms with E-state index in [1.54, 1.807) is 18.5 Å². The van der Waals surface area contributed by atoms with Gasteiger partial charge in [0.25, 0.3) is 0 Å². The molecule has 1 atom stereocenters. The quantitative estimate of drug-likeness (QED) is 0.103. The number of pyridine rings is 1. The lowest BCUT2D eigenvalue weighted by Gasteiger charge is -2.19. The lowest BCUT2D eigenvalue weighted by Crippen LogP contribution is -2.24. The van der Waals surface area contributed by atoms with Crippen LogP contribution in [-0.2, 0) is 26.3 Å². The molecule has 1 unspecified atom stereocenters. The highest BCUT2D eigenvalue weighted by Gasteiger charge is 2.20. The normalized spacial score (nSPS) is 14.2. The van der Waals surface area contributed by atoms with Gasteiger partial charge < -0.3 is 29.5 Å². The van der Waals surface area contributed by atoms with Crippen LogP contribution in [0.15, 0.2) is 85.3 Å². The van der Waals surface area contributed by atoms with Gasteiger partial charge in [0.2, 0.25) is 0 Å². The molecule has 10 nitrogen and oxygen atoms in total. The summed E-state index contributed by atoms with van der Waals surface area (Å²) in [7, 11) is 0. The lowest BCUT2D eigenvalue weighted by atomic mass is 9.93. The van der Waals surface area contributed by atoms with E-state index in [0.29, 0.717) is 48.4 Å². The molecule has 0 bridgehead atoms. The first kappa shape index (κ1) is 36.7. The summed E-state index contributed by atoms with van der Waals surface area (Å²) in [5, 5.41) is 31.1. The monoisotopic (exact) mass is 718 g/mol. The molecule has 0 spiro atoms. The number of aromatic nitrogens is 3. The van der Waals surface area contributed by atoms with E-state index in [1.807, 2.05) is 42.5 Å². The van der Waals surface area contributed by atoms with Crippen LogP contribution in [0.4, 0.5) is 0 Å². The molecule has 1 fully saturated rings. The highest BCUT2D eigenvalue weighted by atomic mass is 35.5. The first-order valence-corrected chi connectivity index (χ1v) is 17.9. The molecule has 2 N–H and O–H groups in total. The maximum atomic E-state index is 9.80. The van der Waals surface area contributed by atoms with Crippen LogP contribution in [0.5, 0.6) is 17.2 Å². The van der Waals surface area contributed by atoms with Gasteiger partial charge in [-0.15, -0.1) is 0 Å². The number of aliphatic hydroxyl groups is 1. The minimum atomic E-state index is -0.203. The number of nitrogens with zero attached hydrogens (tertiary/aromatic N) is 5. The van der Waals surface area contributed by atoms with Crippen LogP contribution >= 0.6 is 11.6 Å². The van der Waals surface area contributed by atoms with E-state index in [2.05, 4.69) is 63.5 Å². The Morgan fingerprint density at radius 3 is 2.52 bits per heavy atom. The number of hydrogen-bond donors (Lipinski definition) is 2. The Balaban J connectivity index is 1.15. The maximum absolute atomic E-state index is 9.80. The van der Waals surface area contributed by atoms with Gasteiger partial charge in [-0.2, -0.15) is 15.5 Å². The number of nitriles is 1. The molecule has 11 heteroatoms. The van der Waals surface area contributed by atoms with Gasteiger partial charge in [0.15, 0.2) is 0 Å². The van der Waals surface area contributed by atoms with Crippen molar-refractivity contribution in [3.05, 3.63) is 129 Å². The van der Waals surface area contributed by atoms with Gasteiger partial charge in [-0.3, -0.25) is 4.98 Å². The number of β-amino-alcohol motifs (C(OH)–C–C–N with tert-alkyl or cyclic N) is 1. The number of ether oxygens (including phenoxy) is 3. The van der Waals surface area contributed by atoms with Gasteiger partial charge in [0.1, 0.15) is 36.5 Å². The molecule has 0 aliphatic carbocycles. The van der Waals surface area contributed by atoms with Crippen LogP contribution in [-0.4, -0.2) is 57.5 Å². The first-order chi connectivity index (χ1) is 25.4. The SMILES string of the molecule is Cc1c(COc2cc(OCc3cncc(C#N)c3)c(CNCc3cccnn3)cc2Cl)cccc1-c1cccc(OCCCN2CCC(O)C2)c1C. The highest BCUT2D eigenvalue weighted by molar-refractivity contribution is 6.32. The summed E-state index contributed by atoms with van der Waals surface area (Å²) in [6.07, 6.45) is 6.40. The summed E-state index contributed by atoms with van der Waals surface area (Å²) in [4.78, 5) is 6.45. The number of rotatable bonds is 16. The van der Waals surface area contributed by atoms with Crippen molar-refractivity contribution in [1.82, 2.24) is 25.4 Å². The molecular weight excluding hydrogens is 676 g/mol. The van der Waals surface area contributed by atoms with Crippen molar-refractivity contribution in [2.45, 2.75) is 59.1 Å². The molecule has 6 rings (SSSR count). The van der Waals surface area contributed by atoms with Crippen molar-refractivity contribution in [3.63, 3.8) is 0 Å². The van der Waals surface area contributed by atoms with E-state index in [-0.39, 0.29) is 12.7 Å². The third kappa shape index (κ3) is 9.63. The van der Waals surface area contributed by atoms with Crippen molar-refractivity contribution >= 4 is 11.6 Å². The standard InChI is InChI=1S/C41H43ClN6O4/c1-28-32(7-3-9-36(28)37-10-4-11-39(29(37)2)50-16-6-14-48-15-12-35(49)25-48)27-52-41-19-40(51-26-31-17-30(20-43)21-44-22-31)33(18-38(41)42)23-45-24-34-8-5-13-46-47-34/h3-5,7-11,13,17-19,21-22,35,45,49H,6,12,14-16,23-27H2,1-2H3. The zero-order chi connectivity index (χ0) is 36.3. The molecule has 0 amide bonds. The van der Waals surface area contributed by atoms with Crippen molar-refractivity contribution in [2.24, 2.45) is 0 Å². The summed E-state index contributed by atoms with van der Waals surface area (Å²) >= 11 is 6.82. The molecule has 1 aliphatic heterocycles. The molecule has 3 aromatic carbocycles. The molecule has 0 saturated carbocycles. The fraction of sp³-hybridized carbons (Fsp3) is 0.317. The number of halogens is 1. The number of benzene rings is 3. The molecule has 52 heavy (non-hydrogen) atoms. The predicted octanol–water partition coefficient (Wildman–Crippen LogP) is 6.96. The second-order valence-electron chi connectivity index (χ2n) is 12.9. The zero-order valence-corrected chi connectivity index (χ0v) is 30.3. The third-order valence-corrected chi connectivity index (χ3v) is 9.50. The molecule has 1 aliphatic rings. The average Bonchev–Trinajstić information content (AvgIpc) is 3.58. The van der Waals surface area contributed by atoms with E-state index < -0.39 is 0 Å². The Morgan fingerprint density at radius 2 is 1.73 bits per heavy atom. The summed E-state index contributed by atoms with van der Waals surface area (Å²) < 4.78 is 18.9. The van der Waals surface area contributed by atoms with Gasteiger partial charge in [-0.1, -0.05) is 41.9 Å². The molecule has 0 radical (unpaired) electrons. The van der Waals surface area contributed by atoms with Gasteiger partial charge in [0.05, 0.1) is 29.0 Å². The Kier molecular flexibility index (Phi) is 12.7. The molecule has 5 aromatic rings. The molecule has 2 aromatic heterocycles. The summed E-state index contributed by atoms with van der Waals surface area (Å²) in [5.74, 6) is 1.98. The molecule has 268 valence electrons. The third-order valence-electron chi connectivity index (χ3n) is 9.21. The average molecular weight is 719 g/mol. The smallest absolute Gasteiger partial charge is 0.142 e. The fourth-order valence-corrected chi connectivity index (χ4v) is 6.58. The zero-order valence-electron chi connectivity index (χ0n) is 29.5. The molecular formula is C41H43ClN6O4. The van der Waals surface area contributed by atoms with Gasteiger partial charge in [0, 0.05) is 68.5 Å². The second kappa shape index (κ2) is 17.9. The predicted molar refractivity (Wildman–Crippen MR) is 200 cm³/mol. The van der Waals surface area contributed by atoms with Crippen LogP contribution in [0, 0.1) is 25.2 Å². The van der Waals surface area contributed by atoms with Crippen molar-refractivity contribution in [2.75, 3.05) is 26.2 Å². The van der Waals surface area contributed by atoms with Crippen molar-refractivity contribution in [1.29, 1.82) is 5.26 Å². The highest BCUT2D eigenvalue weighted by Crippen LogP contribution is 2.36. The number of hydrogen-bond acceptors (Lipinski definition) is 10. The van der Waals surface area contributed by atoms with Crippen LogP contribution < -0.4 is 19.5 Å². The lowest BCUT2D eigenvalue weighted by molar-refractivity contribution is 0.173. The van der Waals surface area contributed by atoms with Crippen LogP contribution in [0.1, 0.15) is 51.9 Å². The number of nitrogens with one attached hydrogen (secondary N) is 1. The van der Waals surface area contributed by atoms with Crippen LogP contribution in [0.2, 0.25) is 5.02 Å². The van der Waals surface area contributed by atoms with E-state index in [1.165, 1.54) is 6.20 Å².